The van der Waals surface area contributed by atoms with Gasteiger partial charge in [-0.15, -0.1) is 0 Å². The molecule has 11 heteroatoms. The number of fused-ring (bicyclic) bond motifs is 2. The molecule has 1 saturated heterocycles. The van der Waals surface area contributed by atoms with Crippen molar-refractivity contribution < 1.29 is 14.9 Å². The van der Waals surface area contributed by atoms with E-state index in [4.69, 9.17) is 15.5 Å². The van der Waals surface area contributed by atoms with Gasteiger partial charge in [0.1, 0.15) is 48.0 Å². The quantitative estimate of drug-likeness (QED) is 0.241. The summed E-state index contributed by atoms with van der Waals surface area (Å²) in [5, 5.41) is 32.1. The first kappa shape index (κ1) is 29.5. The molecule has 1 aliphatic carbocycles. The maximum Gasteiger partial charge on any atom is 0.164 e. The minimum absolute atomic E-state index is 0.0934. The molecule has 3 aromatic heterocycles. The van der Waals surface area contributed by atoms with E-state index in [9.17, 15) is 15.5 Å². The molecule has 2 fully saturated rings. The number of nitrogens with one attached hydrogen (secondary N) is 1. The number of H-pyrrole nitrogens is 1. The van der Waals surface area contributed by atoms with Gasteiger partial charge in [0.15, 0.2) is 6.23 Å². The summed E-state index contributed by atoms with van der Waals surface area (Å²) in [5.74, 6) is 1.83. The first-order valence-electron chi connectivity index (χ1n) is 15.2. The average molecular weight is 587 g/mol. The Kier molecular flexibility index (Phi) is 7.67. The maximum absolute atomic E-state index is 11.0. The highest BCUT2D eigenvalue weighted by Gasteiger charge is 2.46. The number of aromatic nitrogens is 5. The molecule has 1 aromatic carbocycles. The van der Waals surface area contributed by atoms with Gasteiger partial charge in [-0.1, -0.05) is 26.8 Å². The zero-order chi connectivity index (χ0) is 30.6. The summed E-state index contributed by atoms with van der Waals surface area (Å²) in [6.45, 7) is 11.5. The monoisotopic (exact) mass is 586 g/mol. The van der Waals surface area contributed by atoms with Crippen molar-refractivity contribution in [2.75, 3.05) is 12.3 Å². The van der Waals surface area contributed by atoms with Crippen molar-refractivity contribution in [1.29, 1.82) is 5.26 Å². The van der Waals surface area contributed by atoms with E-state index in [1.165, 1.54) is 11.9 Å². The van der Waals surface area contributed by atoms with Crippen molar-refractivity contribution in [3.8, 4) is 6.07 Å². The van der Waals surface area contributed by atoms with Crippen LogP contribution < -0.4 is 5.73 Å². The summed E-state index contributed by atoms with van der Waals surface area (Å²) in [6.07, 6.45) is 3.24. The van der Waals surface area contributed by atoms with Crippen molar-refractivity contribution >= 4 is 27.9 Å². The van der Waals surface area contributed by atoms with Crippen molar-refractivity contribution in [2.24, 2.45) is 5.92 Å². The van der Waals surface area contributed by atoms with Gasteiger partial charge in [0.2, 0.25) is 0 Å². The lowest BCUT2D eigenvalue weighted by molar-refractivity contribution is -0.0618. The van der Waals surface area contributed by atoms with Gasteiger partial charge in [-0.2, -0.15) is 5.26 Å². The third-order valence-corrected chi connectivity index (χ3v) is 9.29. The Balaban J connectivity index is 1.08. The fourth-order valence-corrected chi connectivity index (χ4v) is 6.68. The Morgan fingerprint density at radius 1 is 1.21 bits per heavy atom. The van der Waals surface area contributed by atoms with Gasteiger partial charge < -0.3 is 30.2 Å². The summed E-state index contributed by atoms with van der Waals surface area (Å²) in [7, 11) is 0. The highest BCUT2D eigenvalue weighted by atomic mass is 16.6. The van der Waals surface area contributed by atoms with Crippen LogP contribution >= 0.6 is 0 Å². The number of aliphatic hydroxyl groups is 2. The summed E-state index contributed by atoms with van der Waals surface area (Å²) in [5.41, 5.74) is 10.2. The number of aromatic amines is 1. The van der Waals surface area contributed by atoms with Crippen molar-refractivity contribution in [3.05, 3.63) is 47.7 Å². The van der Waals surface area contributed by atoms with Crippen LogP contribution in [-0.4, -0.2) is 76.6 Å². The van der Waals surface area contributed by atoms with Gasteiger partial charge in [0.05, 0.1) is 22.0 Å². The van der Waals surface area contributed by atoms with Gasteiger partial charge in [-0.25, -0.2) is 15.0 Å². The van der Waals surface area contributed by atoms with E-state index >= 15 is 0 Å². The predicted octanol–water partition coefficient (Wildman–Crippen LogP) is 3.80. The third-order valence-electron chi connectivity index (χ3n) is 9.29. The van der Waals surface area contributed by atoms with Gasteiger partial charge in [-0.05, 0) is 62.1 Å². The molecule has 6 rings (SSSR count). The Hall–Kier alpha value is -3.56. The molecule has 1 saturated carbocycles. The molecule has 43 heavy (non-hydrogen) atoms. The normalized spacial score (nSPS) is 26.0. The number of imidazole rings is 1. The molecule has 5 N–H and O–H groups in total. The molecule has 2 aliphatic rings. The van der Waals surface area contributed by atoms with Crippen molar-refractivity contribution in [2.45, 2.75) is 102 Å². The van der Waals surface area contributed by atoms with E-state index in [0.717, 1.165) is 42.5 Å². The number of nitriles is 1. The van der Waals surface area contributed by atoms with Gasteiger partial charge in [-0.3, -0.25) is 4.90 Å². The summed E-state index contributed by atoms with van der Waals surface area (Å²) >= 11 is 0. The second-order valence-corrected chi connectivity index (χ2v) is 13.6. The number of nitrogen functional groups attached to an aromatic ring is 1. The number of anilines is 1. The molecule has 0 amide bonds. The smallest absolute Gasteiger partial charge is 0.164 e. The number of nitrogens with zero attached hydrogens (tertiary/aromatic N) is 6. The molecule has 0 bridgehead atoms. The standard InChI is InChI=1S/C32H42N8O3/c1-17(2)39(21-10-18(11-21)6-9-25-37-22-8-7-20(32(3,4)5)12-23(22)38-25)15-24-27(41)28(42)31(43-24)40-14-19(13-33)26-29(34)35-16-36-30(26)40/h7-8,12,14,16-18,21,24,27-28,31,41-42H,6,9-11,15H2,1-5H3,(H,37,38)(H2,34,35,36)/t18-,21+,24-,27-,28-,31-/m1/s1. The lowest BCUT2D eigenvalue weighted by atomic mass is 9.76. The molecular formula is C32H42N8O3. The van der Waals surface area contributed by atoms with E-state index in [1.807, 2.05) is 0 Å². The molecule has 0 unspecified atom stereocenters. The average Bonchev–Trinajstić information content (AvgIpc) is 3.60. The lowest BCUT2D eigenvalue weighted by Crippen LogP contribution is -2.52. The molecule has 1 aliphatic heterocycles. The number of ether oxygens (including phenoxy) is 1. The zero-order valence-electron chi connectivity index (χ0n) is 25.5. The first-order valence-corrected chi connectivity index (χ1v) is 15.2. The minimum atomic E-state index is -1.19. The molecule has 0 spiro atoms. The lowest BCUT2D eigenvalue weighted by Gasteiger charge is -2.46. The SMILES string of the molecule is CC(C)N(C[C@H]1O[C@@H](n2cc(C#N)c3c(N)ncnc32)[C@H](O)[C@@H]1O)[C@H]1C[C@@H](CCc2nc3cc(C(C)(C)C)ccc3[nH]2)C1. The number of rotatable bonds is 8. The summed E-state index contributed by atoms with van der Waals surface area (Å²) < 4.78 is 7.85. The zero-order valence-corrected chi connectivity index (χ0v) is 25.5. The van der Waals surface area contributed by atoms with Crippen molar-refractivity contribution in [1.82, 2.24) is 29.4 Å². The largest absolute Gasteiger partial charge is 0.387 e. The second kappa shape index (κ2) is 11.2. The van der Waals surface area contributed by atoms with Crippen LogP contribution in [0.4, 0.5) is 5.82 Å². The Morgan fingerprint density at radius 2 is 1.98 bits per heavy atom. The van der Waals surface area contributed by atoms with E-state index < -0.39 is 24.5 Å². The van der Waals surface area contributed by atoms with Crippen molar-refractivity contribution in [3.63, 3.8) is 0 Å². The van der Waals surface area contributed by atoms with E-state index in [2.05, 4.69) is 78.7 Å². The van der Waals surface area contributed by atoms with Gasteiger partial charge >= 0.3 is 0 Å². The van der Waals surface area contributed by atoms with Crippen LogP contribution in [0.1, 0.15) is 77.1 Å². The Bertz CT molecular complexity index is 1660. The Labute approximate surface area is 251 Å². The third kappa shape index (κ3) is 5.49. The number of nitrogens with two attached hydrogens (primary N) is 1. The molecule has 0 radical (unpaired) electrons. The van der Waals surface area contributed by atoms with E-state index in [-0.39, 0.29) is 17.3 Å². The molecule has 11 nitrogen and oxygen atoms in total. The minimum Gasteiger partial charge on any atom is -0.387 e. The molecular weight excluding hydrogens is 544 g/mol. The number of hydrogen-bond acceptors (Lipinski definition) is 9. The van der Waals surface area contributed by atoms with Crippen LogP contribution in [0.15, 0.2) is 30.7 Å². The highest BCUT2D eigenvalue weighted by molar-refractivity contribution is 5.92. The Morgan fingerprint density at radius 3 is 2.67 bits per heavy atom. The van der Waals surface area contributed by atoms with Crippen LogP contribution in [0.3, 0.4) is 0 Å². The fraction of sp³-hybridized carbons (Fsp3) is 0.562. The number of benzene rings is 1. The van der Waals surface area contributed by atoms with E-state index in [1.54, 1.807) is 10.8 Å². The molecule has 4 aromatic rings. The van der Waals surface area contributed by atoms with Crippen LogP contribution in [0.5, 0.6) is 0 Å². The van der Waals surface area contributed by atoms with Crippen LogP contribution in [0.2, 0.25) is 0 Å². The van der Waals surface area contributed by atoms with Crippen LogP contribution in [0, 0.1) is 17.2 Å². The molecule has 4 heterocycles. The number of aryl methyl sites for hydroxylation is 1. The van der Waals surface area contributed by atoms with E-state index in [0.29, 0.717) is 35.1 Å². The second-order valence-electron chi connectivity index (χ2n) is 13.6. The number of hydrogen-bond donors (Lipinski definition) is 4. The molecule has 228 valence electrons. The molecule has 4 atom stereocenters. The highest BCUT2D eigenvalue weighted by Crippen LogP contribution is 2.39. The number of aliphatic hydroxyl groups excluding tert-OH is 2. The predicted molar refractivity (Wildman–Crippen MR) is 164 cm³/mol. The fourth-order valence-electron chi connectivity index (χ4n) is 6.68. The summed E-state index contributed by atoms with van der Waals surface area (Å²) in [4.78, 5) is 19.0. The maximum atomic E-state index is 11.0. The first-order chi connectivity index (χ1) is 20.4. The van der Waals surface area contributed by atoms with Gasteiger partial charge in [0, 0.05) is 31.2 Å². The topological polar surface area (TPSA) is 162 Å². The van der Waals surface area contributed by atoms with Crippen LogP contribution in [-0.2, 0) is 16.6 Å². The van der Waals surface area contributed by atoms with Crippen LogP contribution in [0.25, 0.3) is 22.1 Å². The van der Waals surface area contributed by atoms with Gasteiger partial charge in [0.25, 0.3) is 0 Å². The summed E-state index contributed by atoms with van der Waals surface area (Å²) in [6, 6.07) is 9.26.